The van der Waals surface area contributed by atoms with Crippen LogP contribution >= 0.6 is 7.82 Å². The average molecular weight is 228 g/mol. The third-order valence-corrected chi connectivity index (χ3v) is 2.75. The predicted octanol–water partition coefficient (Wildman–Crippen LogP) is 1.07. The van der Waals surface area contributed by atoms with Gasteiger partial charge in [-0.1, -0.05) is 0 Å². The van der Waals surface area contributed by atoms with Crippen LogP contribution in [-0.2, 0) is 27.6 Å². The minimum absolute atomic E-state index is 0.155. The lowest BCUT2D eigenvalue weighted by molar-refractivity contribution is 0.0446. The van der Waals surface area contributed by atoms with E-state index in [-0.39, 0.29) is 6.61 Å². The molecule has 0 fully saturated rings. The zero-order valence-corrected chi connectivity index (χ0v) is 9.62. The molecule has 0 amide bonds. The minimum Gasteiger partial charge on any atom is -0.382 e. The first-order chi connectivity index (χ1) is 6.68. The van der Waals surface area contributed by atoms with Gasteiger partial charge in [-0.3, -0.25) is 13.6 Å². The Morgan fingerprint density at radius 2 is 1.50 bits per heavy atom. The molecule has 0 rings (SSSR count). The molecule has 7 heteroatoms. The van der Waals surface area contributed by atoms with E-state index in [1.165, 1.54) is 14.2 Å². The summed E-state index contributed by atoms with van der Waals surface area (Å²) in [5, 5.41) is 0. The standard InChI is InChI=1S/C7H17O6P/c1-9-4-5-12-6-7-13-14(8,10-2)11-3/h4-7H2,1-3H3. The normalized spacial score (nSPS) is 11.9. The molecule has 0 aromatic carbocycles. The Hall–Kier alpha value is 0.0300. The highest BCUT2D eigenvalue weighted by atomic mass is 31.2. The Kier molecular flexibility index (Phi) is 8.37. The molecular formula is C7H17O6P. The quantitative estimate of drug-likeness (QED) is 0.434. The zero-order valence-electron chi connectivity index (χ0n) is 8.73. The van der Waals surface area contributed by atoms with Gasteiger partial charge in [-0.15, -0.1) is 0 Å². The van der Waals surface area contributed by atoms with Gasteiger partial charge >= 0.3 is 7.82 Å². The number of methoxy groups -OCH3 is 1. The second-order valence-corrected chi connectivity index (χ2v) is 4.13. The van der Waals surface area contributed by atoms with Gasteiger partial charge in [0.05, 0.1) is 26.4 Å². The summed E-state index contributed by atoms with van der Waals surface area (Å²) in [6.07, 6.45) is 0. The smallest absolute Gasteiger partial charge is 0.382 e. The molecule has 14 heavy (non-hydrogen) atoms. The number of rotatable bonds is 9. The van der Waals surface area contributed by atoms with Crippen molar-refractivity contribution in [2.24, 2.45) is 0 Å². The molecule has 0 atom stereocenters. The summed E-state index contributed by atoms with van der Waals surface area (Å²) >= 11 is 0. The molecule has 6 nitrogen and oxygen atoms in total. The van der Waals surface area contributed by atoms with Gasteiger partial charge in [0.25, 0.3) is 0 Å². The summed E-state index contributed by atoms with van der Waals surface area (Å²) in [4.78, 5) is 0. The SMILES string of the molecule is COCCOCCOP(=O)(OC)OC. The van der Waals surface area contributed by atoms with Crippen molar-refractivity contribution < 1.29 is 27.6 Å². The summed E-state index contributed by atoms with van der Waals surface area (Å²) in [6, 6.07) is 0. The van der Waals surface area contributed by atoms with Gasteiger partial charge in [0, 0.05) is 21.3 Å². The lowest BCUT2D eigenvalue weighted by Gasteiger charge is -2.12. The van der Waals surface area contributed by atoms with Gasteiger partial charge in [-0.05, 0) is 0 Å². The van der Waals surface area contributed by atoms with E-state index < -0.39 is 7.82 Å². The van der Waals surface area contributed by atoms with Gasteiger partial charge in [-0.2, -0.15) is 0 Å². The third-order valence-electron chi connectivity index (χ3n) is 1.36. The highest BCUT2D eigenvalue weighted by molar-refractivity contribution is 7.48. The van der Waals surface area contributed by atoms with Gasteiger partial charge in [0.15, 0.2) is 0 Å². The molecule has 0 aromatic heterocycles. The monoisotopic (exact) mass is 228 g/mol. The molecule has 0 aromatic rings. The first-order valence-electron chi connectivity index (χ1n) is 4.11. The maximum Gasteiger partial charge on any atom is 0.474 e. The lowest BCUT2D eigenvalue weighted by atomic mass is 10.7. The van der Waals surface area contributed by atoms with Crippen LogP contribution in [0.15, 0.2) is 0 Å². The van der Waals surface area contributed by atoms with E-state index in [4.69, 9.17) is 14.0 Å². The van der Waals surface area contributed by atoms with Crippen molar-refractivity contribution in [2.75, 3.05) is 47.8 Å². The fourth-order valence-electron chi connectivity index (χ4n) is 0.632. The molecular weight excluding hydrogens is 211 g/mol. The van der Waals surface area contributed by atoms with Crippen molar-refractivity contribution in [2.45, 2.75) is 0 Å². The summed E-state index contributed by atoms with van der Waals surface area (Å²) in [5.74, 6) is 0. The maximum absolute atomic E-state index is 11.3. The molecule has 0 radical (unpaired) electrons. The second kappa shape index (κ2) is 8.35. The molecule has 0 saturated carbocycles. The average Bonchev–Trinajstić information content (AvgIpc) is 2.23. The van der Waals surface area contributed by atoms with Crippen LogP contribution in [0.4, 0.5) is 0 Å². The van der Waals surface area contributed by atoms with Crippen molar-refractivity contribution in [1.29, 1.82) is 0 Å². The Balaban J connectivity index is 3.39. The topological polar surface area (TPSA) is 63.2 Å². The van der Waals surface area contributed by atoms with Crippen LogP contribution in [0.3, 0.4) is 0 Å². The lowest BCUT2D eigenvalue weighted by Crippen LogP contribution is -2.08. The number of phosphoric ester groups is 1. The summed E-state index contributed by atoms with van der Waals surface area (Å²) < 4.78 is 35.1. The third kappa shape index (κ3) is 6.48. The Labute approximate surface area is 84.0 Å². The van der Waals surface area contributed by atoms with Gasteiger partial charge in [0.1, 0.15) is 0 Å². The summed E-state index contributed by atoms with van der Waals surface area (Å²) in [7, 11) is 0.759. The van der Waals surface area contributed by atoms with E-state index in [1.807, 2.05) is 0 Å². The van der Waals surface area contributed by atoms with Crippen LogP contribution < -0.4 is 0 Å². The van der Waals surface area contributed by atoms with Gasteiger partial charge in [0.2, 0.25) is 0 Å². The Morgan fingerprint density at radius 1 is 0.929 bits per heavy atom. The van der Waals surface area contributed by atoms with Crippen molar-refractivity contribution in [1.82, 2.24) is 0 Å². The van der Waals surface area contributed by atoms with Crippen LogP contribution in [-0.4, -0.2) is 47.8 Å². The van der Waals surface area contributed by atoms with E-state index in [0.29, 0.717) is 19.8 Å². The Bertz CT molecular complexity index is 166. The Morgan fingerprint density at radius 3 is 2.00 bits per heavy atom. The van der Waals surface area contributed by atoms with Crippen molar-refractivity contribution in [3.8, 4) is 0 Å². The van der Waals surface area contributed by atoms with Gasteiger partial charge in [-0.25, -0.2) is 4.57 Å². The molecule has 0 aliphatic carbocycles. The van der Waals surface area contributed by atoms with Crippen LogP contribution in [0, 0.1) is 0 Å². The van der Waals surface area contributed by atoms with E-state index in [1.54, 1.807) is 7.11 Å². The highest BCUT2D eigenvalue weighted by Crippen LogP contribution is 2.47. The molecule has 0 heterocycles. The highest BCUT2D eigenvalue weighted by Gasteiger charge is 2.21. The molecule has 0 aliphatic heterocycles. The molecule has 0 bridgehead atoms. The van der Waals surface area contributed by atoms with Crippen LogP contribution in [0.1, 0.15) is 0 Å². The van der Waals surface area contributed by atoms with E-state index in [2.05, 4.69) is 9.05 Å². The van der Waals surface area contributed by atoms with Crippen LogP contribution in [0.25, 0.3) is 0 Å². The zero-order chi connectivity index (χ0) is 10.9. The fraction of sp³-hybridized carbons (Fsp3) is 1.00. The summed E-state index contributed by atoms with van der Waals surface area (Å²) in [5.41, 5.74) is 0. The minimum atomic E-state index is -3.35. The van der Waals surface area contributed by atoms with Gasteiger partial charge < -0.3 is 9.47 Å². The molecule has 0 saturated heterocycles. The number of hydrogen-bond donors (Lipinski definition) is 0. The van der Waals surface area contributed by atoms with Crippen molar-refractivity contribution in [3.05, 3.63) is 0 Å². The maximum atomic E-state index is 11.3. The molecule has 0 unspecified atom stereocenters. The first kappa shape index (κ1) is 14.0. The second-order valence-electron chi connectivity index (χ2n) is 2.25. The largest absolute Gasteiger partial charge is 0.474 e. The first-order valence-corrected chi connectivity index (χ1v) is 5.57. The van der Waals surface area contributed by atoms with E-state index in [9.17, 15) is 4.57 Å². The molecule has 0 spiro atoms. The number of ether oxygens (including phenoxy) is 2. The van der Waals surface area contributed by atoms with Crippen LogP contribution in [0.2, 0.25) is 0 Å². The molecule has 86 valence electrons. The van der Waals surface area contributed by atoms with Crippen molar-refractivity contribution >= 4 is 7.82 Å². The van der Waals surface area contributed by atoms with E-state index in [0.717, 1.165) is 0 Å². The van der Waals surface area contributed by atoms with E-state index >= 15 is 0 Å². The fourth-order valence-corrected chi connectivity index (χ4v) is 1.29. The number of phosphoric acid groups is 1. The van der Waals surface area contributed by atoms with Crippen LogP contribution in [0.5, 0.6) is 0 Å². The number of hydrogen-bond acceptors (Lipinski definition) is 6. The molecule has 0 N–H and O–H groups in total. The molecule has 0 aliphatic rings. The predicted molar refractivity (Wildman–Crippen MR) is 50.3 cm³/mol. The van der Waals surface area contributed by atoms with Crippen molar-refractivity contribution in [3.63, 3.8) is 0 Å². The summed E-state index contributed by atoms with van der Waals surface area (Å²) in [6.45, 7) is 1.47.